The van der Waals surface area contributed by atoms with Crippen LogP contribution in [0.5, 0.6) is 0 Å². The van der Waals surface area contributed by atoms with Crippen molar-refractivity contribution in [1.82, 2.24) is 10.2 Å². The molecule has 5 nitrogen and oxygen atoms in total. The van der Waals surface area contributed by atoms with Crippen molar-refractivity contribution < 1.29 is 18.0 Å². The van der Waals surface area contributed by atoms with E-state index >= 15 is 0 Å². The maximum absolute atomic E-state index is 13.9. The van der Waals surface area contributed by atoms with Gasteiger partial charge in [0.25, 0.3) is 5.91 Å². The SMILES string of the molecule is CN(C)c1ccc(-c2ccc3c(NC(=O)c4c(F)ccc(F)c4F)n[nH]c3c2)cc1. The molecule has 0 saturated heterocycles. The number of benzene rings is 3. The Morgan fingerprint density at radius 3 is 2.30 bits per heavy atom. The van der Waals surface area contributed by atoms with E-state index in [1.807, 2.05) is 55.4 Å². The van der Waals surface area contributed by atoms with Crippen LogP contribution in [0.2, 0.25) is 0 Å². The first-order valence-electron chi connectivity index (χ1n) is 9.06. The lowest BCUT2D eigenvalue weighted by Gasteiger charge is -2.12. The molecule has 0 unspecified atom stereocenters. The lowest BCUT2D eigenvalue weighted by Crippen LogP contribution is -2.17. The van der Waals surface area contributed by atoms with E-state index in [2.05, 4.69) is 15.5 Å². The summed E-state index contributed by atoms with van der Waals surface area (Å²) >= 11 is 0. The highest BCUT2D eigenvalue weighted by Crippen LogP contribution is 2.29. The molecule has 1 heterocycles. The molecule has 152 valence electrons. The molecule has 0 saturated carbocycles. The minimum absolute atomic E-state index is 0.0903. The van der Waals surface area contributed by atoms with E-state index in [0.717, 1.165) is 16.8 Å². The third kappa shape index (κ3) is 3.47. The Hall–Kier alpha value is -3.81. The summed E-state index contributed by atoms with van der Waals surface area (Å²) in [4.78, 5) is 14.3. The van der Waals surface area contributed by atoms with Gasteiger partial charge in [0.2, 0.25) is 0 Å². The van der Waals surface area contributed by atoms with Gasteiger partial charge < -0.3 is 10.2 Å². The quantitative estimate of drug-likeness (QED) is 0.467. The van der Waals surface area contributed by atoms with Crippen molar-refractivity contribution >= 4 is 28.3 Å². The number of nitrogens with one attached hydrogen (secondary N) is 2. The molecular weight excluding hydrogens is 393 g/mol. The molecule has 8 heteroatoms. The van der Waals surface area contributed by atoms with E-state index in [0.29, 0.717) is 23.0 Å². The van der Waals surface area contributed by atoms with Crippen molar-refractivity contribution in [3.63, 3.8) is 0 Å². The summed E-state index contributed by atoms with van der Waals surface area (Å²) in [6.45, 7) is 0. The molecule has 0 fully saturated rings. The number of hydrogen-bond acceptors (Lipinski definition) is 3. The number of halogens is 3. The molecule has 0 bridgehead atoms. The number of anilines is 2. The molecular formula is C22H17F3N4O. The van der Waals surface area contributed by atoms with Crippen LogP contribution >= 0.6 is 0 Å². The number of fused-ring (bicyclic) bond motifs is 1. The largest absolute Gasteiger partial charge is 0.378 e. The van der Waals surface area contributed by atoms with E-state index < -0.39 is 28.9 Å². The molecule has 3 aromatic carbocycles. The fourth-order valence-electron chi connectivity index (χ4n) is 3.15. The molecule has 0 atom stereocenters. The number of aromatic amines is 1. The van der Waals surface area contributed by atoms with Gasteiger partial charge in [0, 0.05) is 25.2 Å². The van der Waals surface area contributed by atoms with Gasteiger partial charge in [-0.3, -0.25) is 9.89 Å². The molecule has 0 aliphatic rings. The number of aromatic nitrogens is 2. The Bertz CT molecular complexity index is 1250. The van der Waals surface area contributed by atoms with E-state index in [1.165, 1.54) is 0 Å². The highest BCUT2D eigenvalue weighted by Gasteiger charge is 2.22. The lowest BCUT2D eigenvalue weighted by molar-refractivity contribution is 0.101. The molecule has 1 aromatic heterocycles. The van der Waals surface area contributed by atoms with Gasteiger partial charge in [-0.05, 0) is 47.5 Å². The van der Waals surface area contributed by atoms with E-state index in [-0.39, 0.29) is 5.82 Å². The van der Waals surface area contributed by atoms with Gasteiger partial charge in [-0.1, -0.05) is 18.2 Å². The predicted octanol–water partition coefficient (Wildman–Crippen LogP) is 4.97. The molecule has 0 spiro atoms. The topological polar surface area (TPSA) is 61.0 Å². The maximum Gasteiger partial charge on any atom is 0.262 e. The number of carbonyl (C=O) groups excluding carboxylic acids is 1. The highest BCUT2D eigenvalue weighted by atomic mass is 19.2. The van der Waals surface area contributed by atoms with E-state index in [1.54, 1.807) is 6.07 Å². The summed E-state index contributed by atoms with van der Waals surface area (Å²) in [5.41, 5.74) is 2.62. The Labute approximate surface area is 170 Å². The standard InChI is InChI=1S/C22H17F3N4O/c1-29(2)14-6-3-12(4-7-14)13-5-8-15-18(11-13)27-28-21(15)26-22(30)19-16(23)9-10-17(24)20(19)25/h3-11H,1-2H3,(H2,26,27,28,30). The first-order chi connectivity index (χ1) is 14.3. The van der Waals surface area contributed by atoms with Gasteiger partial charge in [-0.2, -0.15) is 5.10 Å². The fraction of sp³-hybridized carbons (Fsp3) is 0.0909. The molecule has 4 rings (SSSR count). The average Bonchev–Trinajstić information content (AvgIpc) is 3.13. The number of carbonyl (C=O) groups is 1. The van der Waals surface area contributed by atoms with Crippen molar-refractivity contribution in [2.45, 2.75) is 0 Å². The number of amides is 1. The zero-order valence-corrected chi connectivity index (χ0v) is 16.1. The van der Waals surface area contributed by atoms with Crippen LogP contribution in [0.3, 0.4) is 0 Å². The van der Waals surface area contributed by atoms with Gasteiger partial charge in [0.15, 0.2) is 17.5 Å². The van der Waals surface area contributed by atoms with Gasteiger partial charge in [-0.25, -0.2) is 13.2 Å². The number of nitrogens with zero attached hydrogens (tertiary/aromatic N) is 2. The predicted molar refractivity (Wildman–Crippen MR) is 110 cm³/mol. The molecule has 0 aliphatic carbocycles. The zero-order chi connectivity index (χ0) is 21.4. The molecule has 0 radical (unpaired) electrons. The summed E-state index contributed by atoms with van der Waals surface area (Å²) < 4.78 is 41.1. The minimum atomic E-state index is -1.55. The smallest absolute Gasteiger partial charge is 0.262 e. The molecule has 0 aliphatic heterocycles. The van der Waals surface area contributed by atoms with Crippen LogP contribution in [0.25, 0.3) is 22.0 Å². The second-order valence-corrected chi connectivity index (χ2v) is 6.95. The molecule has 30 heavy (non-hydrogen) atoms. The molecule has 4 aromatic rings. The van der Waals surface area contributed by atoms with Gasteiger partial charge in [0.1, 0.15) is 11.4 Å². The third-order valence-corrected chi connectivity index (χ3v) is 4.78. The first-order valence-corrected chi connectivity index (χ1v) is 9.06. The van der Waals surface area contributed by atoms with Crippen LogP contribution < -0.4 is 10.2 Å². The van der Waals surface area contributed by atoms with Crippen molar-refractivity contribution in [2.75, 3.05) is 24.3 Å². The second-order valence-electron chi connectivity index (χ2n) is 6.95. The van der Waals surface area contributed by atoms with Crippen molar-refractivity contribution in [2.24, 2.45) is 0 Å². The monoisotopic (exact) mass is 410 g/mol. The minimum Gasteiger partial charge on any atom is -0.378 e. The van der Waals surface area contributed by atoms with Crippen molar-refractivity contribution in [1.29, 1.82) is 0 Å². The number of H-pyrrole nitrogens is 1. The van der Waals surface area contributed by atoms with Crippen LogP contribution in [-0.2, 0) is 0 Å². The Balaban J connectivity index is 1.63. The van der Waals surface area contributed by atoms with Crippen LogP contribution in [0.4, 0.5) is 24.7 Å². The van der Waals surface area contributed by atoms with Crippen molar-refractivity contribution in [3.05, 3.63) is 77.6 Å². The van der Waals surface area contributed by atoms with Crippen LogP contribution in [0.1, 0.15) is 10.4 Å². The van der Waals surface area contributed by atoms with E-state index in [9.17, 15) is 18.0 Å². The Kier molecular flexibility index (Phi) is 4.91. The summed E-state index contributed by atoms with van der Waals surface area (Å²) in [5.74, 6) is -5.04. The summed E-state index contributed by atoms with van der Waals surface area (Å²) in [5, 5.41) is 9.69. The fourth-order valence-corrected chi connectivity index (χ4v) is 3.15. The second kappa shape index (κ2) is 7.55. The maximum atomic E-state index is 13.9. The van der Waals surface area contributed by atoms with Gasteiger partial charge >= 0.3 is 0 Å². The number of hydrogen-bond donors (Lipinski definition) is 2. The average molecular weight is 410 g/mol. The summed E-state index contributed by atoms with van der Waals surface area (Å²) in [7, 11) is 3.92. The van der Waals surface area contributed by atoms with E-state index in [4.69, 9.17) is 0 Å². The highest BCUT2D eigenvalue weighted by molar-refractivity contribution is 6.08. The van der Waals surface area contributed by atoms with Crippen LogP contribution in [0.15, 0.2) is 54.6 Å². The molecule has 2 N–H and O–H groups in total. The van der Waals surface area contributed by atoms with Crippen molar-refractivity contribution in [3.8, 4) is 11.1 Å². The normalized spacial score (nSPS) is 11.0. The third-order valence-electron chi connectivity index (χ3n) is 4.78. The first kappa shape index (κ1) is 19.5. The van der Waals surface area contributed by atoms with Gasteiger partial charge in [0.05, 0.1) is 5.52 Å². The van der Waals surface area contributed by atoms with Crippen LogP contribution in [0, 0.1) is 17.5 Å². The van der Waals surface area contributed by atoms with Gasteiger partial charge in [-0.15, -0.1) is 0 Å². The number of rotatable bonds is 4. The van der Waals surface area contributed by atoms with Crippen LogP contribution in [-0.4, -0.2) is 30.2 Å². The Morgan fingerprint density at radius 2 is 1.60 bits per heavy atom. The summed E-state index contributed by atoms with van der Waals surface area (Å²) in [6, 6.07) is 14.7. The Morgan fingerprint density at radius 1 is 0.933 bits per heavy atom. The zero-order valence-electron chi connectivity index (χ0n) is 16.1. The molecule has 1 amide bonds. The summed E-state index contributed by atoms with van der Waals surface area (Å²) in [6.07, 6.45) is 0. The lowest BCUT2D eigenvalue weighted by atomic mass is 10.0.